The number of carbonyl (C=O) groups excluding carboxylic acids is 2. The standard InChI is InChI=1S/C18H21N3O4S/c1-21(26(2,24)25)16-9-5-14(6-10-16)12-18(23)20-15-7-3-13(4-8-15)11-17(19)22/h3-10H,11-12H2,1-2H3,(H2,19,22)(H,20,23). The fourth-order valence-electron chi connectivity index (χ4n) is 2.31. The first-order valence-electron chi connectivity index (χ1n) is 7.85. The molecule has 0 fully saturated rings. The van der Waals surface area contributed by atoms with Crippen LogP contribution in [0.5, 0.6) is 0 Å². The van der Waals surface area contributed by atoms with Gasteiger partial charge in [0.1, 0.15) is 0 Å². The molecule has 0 heterocycles. The number of sulfonamides is 1. The SMILES string of the molecule is CN(c1ccc(CC(=O)Nc2ccc(CC(N)=O)cc2)cc1)S(C)(=O)=O. The Hall–Kier alpha value is -2.87. The minimum Gasteiger partial charge on any atom is -0.369 e. The van der Waals surface area contributed by atoms with E-state index in [1.807, 2.05) is 0 Å². The summed E-state index contributed by atoms with van der Waals surface area (Å²) in [6.45, 7) is 0. The predicted octanol–water partition coefficient (Wildman–Crippen LogP) is 1.29. The van der Waals surface area contributed by atoms with Gasteiger partial charge in [0.15, 0.2) is 0 Å². The lowest BCUT2D eigenvalue weighted by molar-refractivity contribution is -0.117. The zero-order chi connectivity index (χ0) is 19.3. The summed E-state index contributed by atoms with van der Waals surface area (Å²) in [5.74, 6) is -0.608. The van der Waals surface area contributed by atoms with Gasteiger partial charge in [0, 0.05) is 12.7 Å². The maximum atomic E-state index is 12.1. The third kappa shape index (κ3) is 5.59. The van der Waals surface area contributed by atoms with Gasteiger partial charge in [-0.15, -0.1) is 0 Å². The fourth-order valence-corrected chi connectivity index (χ4v) is 2.82. The monoisotopic (exact) mass is 375 g/mol. The zero-order valence-corrected chi connectivity index (χ0v) is 15.4. The molecule has 0 spiro atoms. The molecular weight excluding hydrogens is 354 g/mol. The second kappa shape index (κ2) is 8.01. The number of primary amides is 1. The molecule has 26 heavy (non-hydrogen) atoms. The lowest BCUT2D eigenvalue weighted by Crippen LogP contribution is -2.24. The highest BCUT2D eigenvalue weighted by Crippen LogP contribution is 2.17. The van der Waals surface area contributed by atoms with E-state index in [2.05, 4.69) is 5.32 Å². The fraction of sp³-hybridized carbons (Fsp3) is 0.222. The van der Waals surface area contributed by atoms with Crippen LogP contribution in [0.2, 0.25) is 0 Å². The molecule has 8 heteroatoms. The molecule has 0 aliphatic carbocycles. The molecule has 2 aromatic rings. The third-order valence-electron chi connectivity index (χ3n) is 3.78. The van der Waals surface area contributed by atoms with Crippen LogP contribution in [0, 0.1) is 0 Å². The van der Waals surface area contributed by atoms with Crippen molar-refractivity contribution in [3.8, 4) is 0 Å². The van der Waals surface area contributed by atoms with Gasteiger partial charge in [-0.05, 0) is 35.4 Å². The van der Waals surface area contributed by atoms with Crippen LogP contribution >= 0.6 is 0 Å². The highest BCUT2D eigenvalue weighted by Gasteiger charge is 2.12. The highest BCUT2D eigenvalue weighted by molar-refractivity contribution is 7.92. The Morgan fingerprint density at radius 2 is 1.46 bits per heavy atom. The summed E-state index contributed by atoms with van der Waals surface area (Å²) < 4.78 is 24.2. The number of carbonyl (C=O) groups is 2. The maximum Gasteiger partial charge on any atom is 0.231 e. The van der Waals surface area contributed by atoms with E-state index in [4.69, 9.17) is 5.73 Å². The molecule has 2 aromatic carbocycles. The van der Waals surface area contributed by atoms with Crippen molar-refractivity contribution in [1.29, 1.82) is 0 Å². The van der Waals surface area contributed by atoms with Gasteiger partial charge in [-0.25, -0.2) is 8.42 Å². The van der Waals surface area contributed by atoms with Gasteiger partial charge in [0.25, 0.3) is 0 Å². The molecule has 0 aromatic heterocycles. The van der Waals surface area contributed by atoms with Gasteiger partial charge in [-0.2, -0.15) is 0 Å². The van der Waals surface area contributed by atoms with E-state index in [-0.39, 0.29) is 18.7 Å². The number of hydrogen-bond acceptors (Lipinski definition) is 4. The highest BCUT2D eigenvalue weighted by atomic mass is 32.2. The van der Waals surface area contributed by atoms with Crippen molar-refractivity contribution < 1.29 is 18.0 Å². The molecule has 0 saturated heterocycles. The number of hydrogen-bond donors (Lipinski definition) is 2. The molecule has 0 aliphatic heterocycles. The van der Waals surface area contributed by atoms with Gasteiger partial charge >= 0.3 is 0 Å². The Morgan fingerprint density at radius 1 is 0.962 bits per heavy atom. The average Bonchev–Trinajstić information content (AvgIpc) is 2.55. The van der Waals surface area contributed by atoms with Crippen LogP contribution < -0.4 is 15.4 Å². The smallest absolute Gasteiger partial charge is 0.231 e. The summed E-state index contributed by atoms with van der Waals surface area (Å²) in [4.78, 5) is 23.0. The molecule has 3 N–H and O–H groups in total. The van der Waals surface area contributed by atoms with Crippen LogP contribution in [-0.2, 0) is 32.5 Å². The van der Waals surface area contributed by atoms with Crippen LogP contribution in [0.4, 0.5) is 11.4 Å². The number of amides is 2. The number of nitrogens with zero attached hydrogens (tertiary/aromatic N) is 1. The molecule has 0 saturated carbocycles. The van der Waals surface area contributed by atoms with E-state index in [9.17, 15) is 18.0 Å². The average molecular weight is 375 g/mol. The first-order chi connectivity index (χ1) is 12.1. The molecule has 0 aliphatic rings. The Kier molecular flexibility index (Phi) is 5.99. The Morgan fingerprint density at radius 3 is 1.96 bits per heavy atom. The minimum atomic E-state index is -3.32. The molecule has 0 unspecified atom stereocenters. The van der Waals surface area contributed by atoms with Crippen LogP contribution in [0.25, 0.3) is 0 Å². The molecule has 0 atom stereocenters. The molecule has 2 rings (SSSR count). The van der Waals surface area contributed by atoms with E-state index in [1.165, 1.54) is 11.4 Å². The van der Waals surface area contributed by atoms with Gasteiger partial charge in [-0.1, -0.05) is 24.3 Å². The van der Waals surface area contributed by atoms with Crippen molar-refractivity contribution in [2.24, 2.45) is 5.73 Å². The van der Waals surface area contributed by atoms with Gasteiger partial charge in [0.2, 0.25) is 21.8 Å². The van der Waals surface area contributed by atoms with E-state index in [0.29, 0.717) is 11.4 Å². The van der Waals surface area contributed by atoms with E-state index in [1.54, 1.807) is 48.5 Å². The maximum absolute atomic E-state index is 12.1. The Balaban J connectivity index is 1.96. The number of nitrogens with one attached hydrogen (secondary N) is 1. The first-order valence-corrected chi connectivity index (χ1v) is 9.70. The lowest BCUT2D eigenvalue weighted by Gasteiger charge is -2.16. The number of rotatable bonds is 7. The van der Waals surface area contributed by atoms with Crippen molar-refractivity contribution in [2.45, 2.75) is 12.8 Å². The number of benzene rings is 2. The molecule has 0 radical (unpaired) electrons. The second-order valence-corrected chi connectivity index (χ2v) is 7.98. The predicted molar refractivity (Wildman–Crippen MR) is 101 cm³/mol. The van der Waals surface area contributed by atoms with E-state index in [0.717, 1.165) is 17.4 Å². The zero-order valence-electron chi connectivity index (χ0n) is 14.6. The van der Waals surface area contributed by atoms with Gasteiger partial charge < -0.3 is 11.1 Å². The molecule has 7 nitrogen and oxygen atoms in total. The molecule has 0 bridgehead atoms. The van der Waals surface area contributed by atoms with Crippen molar-refractivity contribution in [1.82, 2.24) is 0 Å². The number of nitrogens with two attached hydrogens (primary N) is 1. The summed E-state index contributed by atoms with van der Waals surface area (Å²) in [5, 5.41) is 2.77. The van der Waals surface area contributed by atoms with E-state index < -0.39 is 15.9 Å². The van der Waals surface area contributed by atoms with Crippen molar-refractivity contribution in [3.63, 3.8) is 0 Å². The van der Waals surface area contributed by atoms with Crippen LogP contribution in [0.15, 0.2) is 48.5 Å². The Bertz CT molecular complexity index is 891. The van der Waals surface area contributed by atoms with Crippen molar-refractivity contribution in [2.75, 3.05) is 22.9 Å². The van der Waals surface area contributed by atoms with Gasteiger partial charge in [0.05, 0.1) is 24.8 Å². The number of anilines is 2. The first kappa shape index (κ1) is 19.5. The van der Waals surface area contributed by atoms with Crippen molar-refractivity contribution >= 4 is 33.2 Å². The summed E-state index contributed by atoms with van der Waals surface area (Å²) in [6.07, 6.45) is 1.44. The minimum absolute atomic E-state index is 0.155. The Labute approximate surface area is 152 Å². The second-order valence-electron chi connectivity index (χ2n) is 5.96. The molecular formula is C18H21N3O4S. The largest absolute Gasteiger partial charge is 0.369 e. The summed E-state index contributed by atoms with van der Waals surface area (Å²) >= 11 is 0. The van der Waals surface area contributed by atoms with Crippen molar-refractivity contribution in [3.05, 3.63) is 59.7 Å². The quantitative estimate of drug-likeness (QED) is 0.760. The van der Waals surface area contributed by atoms with Crippen LogP contribution in [0.1, 0.15) is 11.1 Å². The summed E-state index contributed by atoms with van der Waals surface area (Å²) in [6, 6.07) is 13.6. The van der Waals surface area contributed by atoms with Gasteiger partial charge in [-0.3, -0.25) is 13.9 Å². The topological polar surface area (TPSA) is 110 Å². The van der Waals surface area contributed by atoms with Crippen LogP contribution in [-0.4, -0.2) is 33.5 Å². The van der Waals surface area contributed by atoms with E-state index >= 15 is 0 Å². The van der Waals surface area contributed by atoms with Crippen LogP contribution in [0.3, 0.4) is 0 Å². The summed E-state index contributed by atoms with van der Waals surface area (Å²) in [7, 11) is -1.85. The summed E-state index contributed by atoms with van der Waals surface area (Å²) in [5.41, 5.74) is 7.83. The lowest BCUT2D eigenvalue weighted by atomic mass is 10.1. The molecule has 2 amide bonds. The normalized spacial score (nSPS) is 11.0. The third-order valence-corrected chi connectivity index (χ3v) is 4.98. The molecule has 138 valence electrons.